The van der Waals surface area contributed by atoms with Crippen molar-refractivity contribution in [2.75, 3.05) is 30.0 Å². The van der Waals surface area contributed by atoms with E-state index in [-0.39, 0.29) is 5.75 Å². The summed E-state index contributed by atoms with van der Waals surface area (Å²) < 4.78 is 22.6. The molecule has 1 heterocycles. The van der Waals surface area contributed by atoms with Crippen molar-refractivity contribution in [1.29, 1.82) is 0 Å². The quantitative estimate of drug-likeness (QED) is 0.674. The lowest BCUT2D eigenvalue weighted by atomic mass is 10.1. The van der Waals surface area contributed by atoms with Gasteiger partial charge in [-0.3, -0.25) is 0 Å². The van der Waals surface area contributed by atoms with Crippen molar-refractivity contribution in [3.8, 4) is 0 Å². The van der Waals surface area contributed by atoms with Crippen LogP contribution in [0.15, 0.2) is 29.4 Å². The first-order chi connectivity index (χ1) is 9.01. The van der Waals surface area contributed by atoms with Crippen LogP contribution in [-0.2, 0) is 9.84 Å². The molecular formula is C13H18N2O3S. The molecule has 5 nitrogen and oxygen atoms in total. The molecule has 0 radical (unpaired) electrons. The van der Waals surface area contributed by atoms with Crippen LogP contribution in [0.1, 0.15) is 18.4 Å². The number of rotatable bonds is 3. The van der Waals surface area contributed by atoms with Gasteiger partial charge in [0.15, 0.2) is 0 Å². The molecule has 1 aromatic carbocycles. The molecule has 104 valence electrons. The van der Waals surface area contributed by atoms with E-state index in [0.717, 1.165) is 24.2 Å². The van der Waals surface area contributed by atoms with E-state index in [1.807, 2.05) is 24.3 Å². The topological polar surface area (TPSA) is 70.0 Å². The maximum Gasteiger partial charge on any atom is 0.149 e. The zero-order chi connectivity index (χ0) is 13.9. The number of oxime groups is 1. The van der Waals surface area contributed by atoms with Crippen molar-refractivity contribution < 1.29 is 13.6 Å². The van der Waals surface area contributed by atoms with Crippen LogP contribution in [0.3, 0.4) is 0 Å². The highest BCUT2D eigenvalue weighted by atomic mass is 32.2. The Kier molecular flexibility index (Phi) is 4.09. The van der Waals surface area contributed by atoms with E-state index in [9.17, 15) is 8.42 Å². The fourth-order valence-corrected chi connectivity index (χ4v) is 2.85. The Hall–Kier alpha value is -1.56. The first kappa shape index (κ1) is 13.9. The largest absolute Gasteiger partial charge is 0.411 e. The molecule has 0 aromatic heterocycles. The molecule has 1 aliphatic rings. The third kappa shape index (κ3) is 3.47. The molecule has 0 spiro atoms. The standard InChI is InChI=1S/C13H18N2O3S/c1-19(17,18)10-9-15-8-4-6-12(14-16)11-5-2-3-7-13(11)15/h2-3,5,7,16H,4,6,8-10H2,1H3/b14-12-. The van der Waals surface area contributed by atoms with Gasteiger partial charge in [-0.05, 0) is 18.9 Å². The molecule has 0 saturated heterocycles. The third-order valence-electron chi connectivity index (χ3n) is 3.25. The molecule has 0 atom stereocenters. The average molecular weight is 282 g/mol. The van der Waals surface area contributed by atoms with Crippen LogP contribution < -0.4 is 4.90 Å². The predicted molar refractivity (Wildman–Crippen MR) is 75.9 cm³/mol. The predicted octanol–water partition coefficient (Wildman–Crippen LogP) is 1.51. The molecule has 0 bridgehead atoms. The SMILES string of the molecule is CS(=O)(=O)CCN1CCC/C(=N/O)c2ccccc21. The smallest absolute Gasteiger partial charge is 0.149 e. The average Bonchev–Trinajstić information content (AvgIpc) is 2.54. The number of anilines is 1. The molecule has 0 saturated carbocycles. The van der Waals surface area contributed by atoms with Crippen molar-refractivity contribution >= 4 is 21.2 Å². The van der Waals surface area contributed by atoms with Gasteiger partial charge in [-0.25, -0.2) is 8.42 Å². The monoisotopic (exact) mass is 282 g/mol. The maximum absolute atomic E-state index is 11.3. The van der Waals surface area contributed by atoms with Crippen molar-refractivity contribution in [2.24, 2.45) is 5.16 Å². The van der Waals surface area contributed by atoms with Gasteiger partial charge in [0.1, 0.15) is 9.84 Å². The lowest BCUT2D eigenvalue weighted by molar-refractivity contribution is 0.318. The summed E-state index contributed by atoms with van der Waals surface area (Å²) in [5.74, 6) is 0.132. The summed E-state index contributed by atoms with van der Waals surface area (Å²) in [5, 5.41) is 12.4. The molecule has 19 heavy (non-hydrogen) atoms. The molecule has 2 rings (SSSR count). The molecule has 0 fully saturated rings. The number of hydrogen-bond donors (Lipinski definition) is 1. The number of fused-ring (bicyclic) bond motifs is 1. The van der Waals surface area contributed by atoms with E-state index < -0.39 is 9.84 Å². The van der Waals surface area contributed by atoms with Crippen molar-refractivity contribution in [2.45, 2.75) is 12.8 Å². The number of sulfone groups is 1. The highest BCUT2D eigenvalue weighted by molar-refractivity contribution is 7.90. The minimum Gasteiger partial charge on any atom is -0.411 e. The van der Waals surface area contributed by atoms with Gasteiger partial charge in [0, 0.05) is 30.6 Å². The molecule has 0 aliphatic carbocycles. The Morgan fingerprint density at radius 1 is 1.37 bits per heavy atom. The number of para-hydroxylation sites is 1. The Labute approximate surface area is 113 Å². The molecule has 1 aromatic rings. The minimum absolute atomic E-state index is 0.132. The van der Waals surface area contributed by atoms with Gasteiger partial charge in [-0.2, -0.15) is 0 Å². The van der Waals surface area contributed by atoms with Gasteiger partial charge < -0.3 is 10.1 Å². The number of benzene rings is 1. The first-order valence-electron chi connectivity index (χ1n) is 6.24. The van der Waals surface area contributed by atoms with Crippen LogP contribution in [-0.4, -0.2) is 44.4 Å². The second-order valence-electron chi connectivity index (χ2n) is 4.78. The van der Waals surface area contributed by atoms with Crippen LogP contribution in [0.4, 0.5) is 5.69 Å². The summed E-state index contributed by atoms with van der Waals surface area (Å²) in [6.07, 6.45) is 2.79. The second-order valence-corrected chi connectivity index (χ2v) is 7.04. The summed E-state index contributed by atoms with van der Waals surface area (Å²) >= 11 is 0. The molecule has 1 aliphatic heterocycles. The fourth-order valence-electron chi connectivity index (χ4n) is 2.30. The van der Waals surface area contributed by atoms with E-state index in [2.05, 4.69) is 10.1 Å². The molecule has 0 amide bonds. The normalized spacial score (nSPS) is 18.2. The molecule has 6 heteroatoms. The van der Waals surface area contributed by atoms with Gasteiger partial charge in [-0.15, -0.1) is 0 Å². The number of hydrogen-bond acceptors (Lipinski definition) is 5. The Balaban J connectivity index is 2.30. The summed E-state index contributed by atoms with van der Waals surface area (Å²) in [5.41, 5.74) is 2.49. The summed E-state index contributed by atoms with van der Waals surface area (Å²) in [6.45, 7) is 1.24. The fraction of sp³-hybridized carbons (Fsp3) is 0.462. The lowest BCUT2D eigenvalue weighted by Gasteiger charge is -2.24. The van der Waals surface area contributed by atoms with Gasteiger partial charge in [0.25, 0.3) is 0 Å². The van der Waals surface area contributed by atoms with Crippen LogP contribution >= 0.6 is 0 Å². The van der Waals surface area contributed by atoms with Gasteiger partial charge >= 0.3 is 0 Å². The molecule has 0 unspecified atom stereocenters. The van der Waals surface area contributed by atoms with Crippen LogP contribution in [0, 0.1) is 0 Å². The zero-order valence-corrected chi connectivity index (χ0v) is 11.7. The van der Waals surface area contributed by atoms with E-state index in [1.165, 1.54) is 6.26 Å². The lowest BCUT2D eigenvalue weighted by Crippen LogP contribution is -2.29. The molecular weight excluding hydrogens is 264 g/mol. The van der Waals surface area contributed by atoms with Gasteiger partial charge in [0.2, 0.25) is 0 Å². The van der Waals surface area contributed by atoms with Crippen LogP contribution in [0.2, 0.25) is 0 Å². The van der Waals surface area contributed by atoms with Gasteiger partial charge in [-0.1, -0.05) is 23.4 Å². The Bertz CT molecular complexity index is 581. The van der Waals surface area contributed by atoms with Crippen molar-refractivity contribution in [3.63, 3.8) is 0 Å². The Morgan fingerprint density at radius 3 is 2.79 bits per heavy atom. The highest BCUT2D eigenvalue weighted by Crippen LogP contribution is 2.26. The highest BCUT2D eigenvalue weighted by Gasteiger charge is 2.20. The maximum atomic E-state index is 11.3. The van der Waals surface area contributed by atoms with E-state index >= 15 is 0 Å². The third-order valence-corrected chi connectivity index (χ3v) is 4.17. The van der Waals surface area contributed by atoms with Gasteiger partial charge in [0.05, 0.1) is 11.5 Å². The van der Waals surface area contributed by atoms with E-state index in [0.29, 0.717) is 18.7 Å². The Morgan fingerprint density at radius 2 is 2.11 bits per heavy atom. The summed E-state index contributed by atoms with van der Waals surface area (Å²) in [4.78, 5) is 2.05. The summed E-state index contributed by atoms with van der Waals surface area (Å²) in [7, 11) is -2.98. The van der Waals surface area contributed by atoms with Crippen molar-refractivity contribution in [3.05, 3.63) is 29.8 Å². The minimum atomic E-state index is -2.98. The van der Waals surface area contributed by atoms with Crippen LogP contribution in [0.5, 0.6) is 0 Å². The first-order valence-corrected chi connectivity index (χ1v) is 8.30. The van der Waals surface area contributed by atoms with E-state index in [1.54, 1.807) is 0 Å². The van der Waals surface area contributed by atoms with Crippen molar-refractivity contribution in [1.82, 2.24) is 0 Å². The zero-order valence-electron chi connectivity index (χ0n) is 10.9. The summed E-state index contributed by atoms with van der Waals surface area (Å²) in [6, 6.07) is 7.65. The second kappa shape index (κ2) is 5.61. The molecule has 1 N–H and O–H groups in total. The van der Waals surface area contributed by atoms with Crippen LogP contribution in [0.25, 0.3) is 0 Å². The number of nitrogens with zero attached hydrogens (tertiary/aromatic N) is 2. The van der Waals surface area contributed by atoms with E-state index in [4.69, 9.17) is 5.21 Å².